The third-order valence-electron chi connectivity index (χ3n) is 3.58. The van der Waals surface area contributed by atoms with Crippen molar-refractivity contribution in [3.8, 4) is 17.2 Å². The van der Waals surface area contributed by atoms with Crippen molar-refractivity contribution < 1.29 is 27.8 Å². The van der Waals surface area contributed by atoms with Gasteiger partial charge in [-0.25, -0.2) is 4.68 Å². The van der Waals surface area contributed by atoms with Crippen molar-refractivity contribution >= 4 is 5.91 Å². The molecule has 1 aromatic carbocycles. The Bertz CT molecular complexity index is 724. The van der Waals surface area contributed by atoms with E-state index in [0.29, 0.717) is 27.5 Å². The van der Waals surface area contributed by atoms with Gasteiger partial charge in [-0.3, -0.25) is 4.79 Å². The third kappa shape index (κ3) is 3.98. The Labute approximate surface area is 143 Å². The minimum absolute atomic E-state index is 0.0976. The number of nitrogens with one attached hydrogen (secondary N) is 1. The van der Waals surface area contributed by atoms with Crippen LogP contribution in [0.2, 0.25) is 0 Å². The molecule has 0 fully saturated rings. The first kappa shape index (κ1) is 18.5. The Morgan fingerprint density at radius 1 is 1.16 bits per heavy atom. The van der Waals surface area contributed by atoms with Crippen LogP contribution in [0.4, 0.5) is 8.78 Å². The van der Waals surface area contributed by atoms with Gasteiger partial charge in [0.05, 0.1) is 27.4 Å². The number of ether oxygens (including phenoxy) is 3. The van der Waals surface area contributed by atoms with Crippen LogP contribution in [0.5, 0.6) is 17.2 Å². The Hall–Kier alpha value is -2.84. The fourth-order valence-corrected chi connectivity index (χ4v) is 2.27. The molecule has 9 heteroatoms. The molecule has 0 unspecified atom stereocenters. The molecule has 0 aliphatic heterocycles. The lowest BCUT2D eigenvalue weighted by molar-refractivity contribution is 0.0559. The van der Waals surface area contributed by atoms with E-state index >= 15 is 0 Å². The zero-order valence-corrected chi connectivity index (χ0v) is 14.2. The molecule has 7 nitrogen and oxygen atoms in total. The number of carbonyl (C=O) groups is 1. The second-order valence-corrected chi connectivity index (χ2v) is 5.11. The molecule has 0 aliphatic rings. The summed E-state index contributed by atoms with van der Waals surface area (Å²) in [6.07, 6.45) is 1.05. The van der Waals surface area contributed by atoms with Crippen LogP contribution in [0, 0.1) is 0 Å². The SMILES string of the molecule is COc1cc([C@H](C)NC(=O)c2ccn(C(F)F)n2)cc(OC)c1OC. The number of aromatic nitrogens is 2. The van der Waals surface area contributed by atoms with Crippen molar-refractivity contribution in [1.29, 1.82) is 0 Å². The normalized spacial score (nSPS) is 12.0. The molecule has 1 atom stereocenters. The Balaban J connectivity index is 2.22. The average molecular weight is 355 g/mol. The maximum atomic E-state index is 12.5. The van der Waals surface area contributed by atoms with Gasteiger partial charge in [-0.15, -0.1) is 0 Å². The molecular weight excluding hydrogens is 336 g/mol. The van der Waals surface area contributed by atoms with Crippen LogP contribution in [-0.2, 0) is 0 Å². The van der Waals surface area contributed by atoms with E-state index in [-0.39, 0.29) is 5.69 Å². The van der Waals surface area contributed by atoms with Gasteiger partial charge in [0, 0.05) is 6.20 Å². The fourth-order valence-electron chi connectivity index (χ4n) is 2.27. The number of halogens is 2. The number of hydrogen-bond donors (Lipinski definition) is 1. The molecule has 2 rings (SSSR count). The lowest BCUT2D eigenvalue weighted by Crippen LogP contribution is -2.27. The van der Waals surface area contributed by atoms with Crippen molar-refractivity contribution in [2.75, 3.05) is 21.3 Å². The molecule has 136 valence electrons. The first-order chi connectivity index (χ1) is 11.9. The molecule has 1 heterocycles. The second kappa shape index (κ2) is 7.82. The van der Waals surface area contributed by atoms with Gasteiger partial charge >= 0.3 is 6.55 Å². The number of amides is 1. The summed E-state index contributed by atoms with van der Waals surface area (Å²) in [5.41, 5.74) is 0.593. The van der Waals surface area contributed by atoms with E-state index in [0.717, 1.165) is 6.20 Å². The number of alkyl halides is 2. The van der Waals surface area contributed by atoms with E-state index in [1.165, 1.54) is 27.4 Å². The number of nitrogens with zero attached hydrogens (tertiary/aromatic N) is 2. The van der Waals surface area contributed by atoms with Crippen LogP contribution in [0.15, 0.2) is 24.4 Å². The Morgan fingerprint density at radius 2 is 1.76 bits per heavy atom. The quantitative estimate of drug-likeness (QED) is 0.827. The number of methoxy groups -OCH3 is 3. The molecule has 0 bridgehead atoms. The summed E-state index contributed by atoms with van der Waals surface area (Å²) in [5, 5.41) is 6.23. The minimum atomic E-state index is -2.80. The third-order valence-corrected chi connectivity index (χ3v) is 3.58. The molecule has 1 aromatic heterocycles. The van der Waals surface area contributed by atoms with Gasteiger partial charge in [-0.1, -0.05) is 0 Å². The van der Waals surface area contributed by atoms with Crippen LogP contribution in [-0.4, -0.2) is 37.0 Å². The van der Waals surface area contributed by atoms with Gasteiger partial charge < -0.3 is 19.5 Å². The summed E-state index contributed by atoms with van der Waals surface area (Å²) in [6, 6.07) is 4.18. The van der Waals surface area contributed by atoms with Crippen molar-refractivity contribution in [1.82, 2.24) is 15.1 Å². The van der Waals surface area contributed by atoms with E-state index < -0.39 is 18.5 Å². The van der Waals surface area contributed by atoms with Crippen molar-refractivity contribution in [3.63, 3.8) is 0 Å². The number of hydrogen-bond acceptors (Lipinski definition) is 5. The lowest BCUT2D eigenvalue weighted by atomic mass is 10.1. The molecule has 0 saturated heterocycles. The van der Waals surface area contributed by atoms with E-state index in [1.54, 1.807) is 19.1 Å². The van der Waals surface area contributed by atoms with E-state index in [4.69, 9.17) is 14.2 Å². The summed E-state index contributed by atoms with van der Waals surface area (Å²) >= 11 is 0. The van der Waals surface area contributed by atoms with Crippen LogP contribution in [0.25, 0.3) is 0 Å². The summed E-state index contributed by atoms with van der Waals surface area (Å²) < 4.78 is 41.3. The predicted octanol–water partition coefficient (Wildman–Crippen LogP) is 2.80. The highest BCUT2D eigenvalue weighted by molar-refractivity contribution is 5.92. The number of rotatable bonds is 7. The van der Waals surface area contributed by atoms with Crippen LogP contribution < -0.4 is 19.5 Å². The molecule has 0 saturated carbocycles. The largest absolute Gasteiger partial charge is 0.493 e. The Morgan fingerprint density at radius 3 is 2.20 bits per heavy atom. The number of benzene rings is 1. The maximum absolute atomic E-state index is 12.5. The van der Waals surface area contributed by atoms with Crippen LogP contribution in [0.1, 0.15) is 35.6 Å². The van der Waals surface area contributed by atoms with E-state index in [2.05, 4.69) is 10.4 Å². The van der Waals surface area contributed by atoms with Crippen molar-refractivity contribution in [2.45, 2.75) is 19.5 Å². The molecular formula is C16H19F2N3O4. The van der Waals surface area contributed by atoms with Gasteiger partial charge in [0.1, 0.15) is 5.69 Å². The van der Waals surface area contributed by atoms with Gasteiger partial charge in [0.25, 0.3) is 5.91 Å². The Kier molecular flexibility index (Phi) is 5.79. The second-order valence-electron chi connectivity index (χ2n) is 5.11. The predicted molar refractivity (Wildman–Crippen MR) is 85.5 cm³/mol. The van der Waals surface area contributed by atoms with Crippen molar-refractivity contribution in [3.05, 3.63) is 35.7 Å². The first-order valence-electron chi connectivity index (χ1n) is 7.35. The summed E-state index contributed by atoms with van der Waals surface area (Å²) in [5.74, 6) is 0.753. The first-order valence-corrected chi connectivity index (χ1v) is 7.35. The summed E-state index contributed by atoms with van der Waals surface area (Å²) in [4.78, 5) is 12.2. The summed E-state index contributed by atoms with van der Waals surface area (Å²) in [6.45, 7) is -1.06. The van der Waals surface area contributed by atoms with Gasteiger partial charge in [0.15, 0.2) is 11.5 Å². The molecule has 0 spiro atoms. The minimum Gasteiger partial charge on any atom is -0.493 e. The zero-order valence-electron chi connectivity index (χ0n) is 14.2. The molecule has 25 heavy (non-hydrogen) atoms. The lowest BCUT2D eigenvalue weighted by Gasteiger charge is -2.18. The zero-order chi connectivity index (χ0) is 18.6. The highest BCUT2D eigenvalue weighted by Crippen LogP contribution is 2.39. The molecule has 0 aliphatic carbocycles. The van der Waals surface area contributed by atoms with Crippen molar-refractivity contribution in [2.24, 2.45) is 0 Å². The van der Waals surface area contributed by atoms with Crippen LogP contribution >= 0.6 is 0 Å². The average Bonchev–Trinajstić information content (AvgIpc) is 3.10. The van der Waals surface area contributed by atoms with Gasteiger partial charge in [-0.05, 0) is 30.7 Å². The summed E-state index contributed by atoms with van der Waals surface area (Å²) in [7, 11) is 4.47. The molecule has 1 amide bonds. The van der Waals surface area contributed by atoms with Crippen LogP contribution in [0.3, 0.4) is 0 Å². The number of carbonyl (C=O) groups excluding carboxylic acids is 1. The molecule has 0 radical (unpaired) electrons. The topological polar surface area (TPSA) is 74.6 Å². The highest BCUT2D eigenvalue weighted by atomic mass is 19.3. The standard InChI is InChI=1S/C16H19F2N3O4/c1-9(19-15(22)11-5-6-21(20-11)16(17)18)10-7-12(23-2)14(25-4)13(8-10)24-3/h5-9,16H,1-4H3,(H,19,22)/t9-/m0/s1. The molecule has 1 N–H and O–H groups in total. The monoisotopic (exact) mass is 355 g/mol. The highest BCUT2D eigenvalue weighted by Gasteiger charge is 2.19. The fraction of sp³-hybridized carbons (Fsp3) is 0.375. The van der Waals surface area contributed by atoms with E-state index in [1.807, 2.05) is 0 Å². The molecule has 2 aromatic rings. The van der Waals surface area contributed by atoms with E-state index in [9.17, 15) is 13.6 Å². The maximum Gasteiger partial charge on any atom is 0.333 e. The van der Waals surface area contributed by atoms with Gasteiger partial charge in [0.2, 0.25) is 5.75 Å². The smallest absolute Gasteiger partial charge is 0.333 e. The van der Waals surface area contributed by atoms with Gasteiger partial charge in [-0.2, -0.15) is 13.9 Å².